The third-order valence-electron chi connectivity index (χ3n) is 8.09. The van der Waals surface area contributed by atoms with E-state index in [-0.39, 0.29) is 87.4 Å². The second kappa shape index (κ2) is 51.8. The van der Waals surface area contributed by atoms with Crippen LogP contribution in [-0.4, -0.2) is 230 Å². The summed E-state index contributed by atoms with van der Waals surface area (Å²) in [5, 5.41) is 20.4. The number of methoxy groups -OCH3 is 2. The molecular weight excluding hydrogens is 1700 g/mol. The Morgan fingerprint density at radius 1 is 0.400 bits per heavy atom. The zero-order valence-electron chi connectivity index (χ0n) is 41.7. The standard InChI is InChI=1S/C38H56I4O30P2S6/c1-55-9-23(70-37(53)73-79)10-59-15-26(68-35(51)41-77)16-60-13-25(67-34(50)40-76)12-58-6-22(44)8-64-31(47)4-32(48)72-65-20-28(71-38(54)74-80)19-62-18-27(69-36(52)42-78)17-61-14-24(66-33(49)39-75)11-57-5-21(43)7-63-30(46)3-29(45)56-2/h21-28,43-44,75-78H,3-20H2,1-2H3/q-4. The Bertz CT molecular complexity index is 1920. The van der Waals surface area contributed by atoms with Crippen LogP contribution < -0.4 is 79.3 Å². The average molecular weight is 1750 g/mol. The summed E-state index contributed by atoms with van der Waals surface area (Å²) in [6.45, 7) is -5.57. The van der Waals surface area contributed by atoms with Gasteiger partial charge in [-0.15, -0.1) is 0 Å². The van der Waals surface area contributed by atoms with Crippen LogP contribution in [-0.2, 0) is 128 Å². The van der Waals surface area contributed by atoms with E-state index < -0.39 is 225 Å². The molecule has 8 atom stereocenters. The summed E-state index contributed by atoms with van der Waals surface area (Å²) >= 11 is 4.14. The molecule has 0 aromatic carbocycles. The van der Waals surface area contributed by atoms with Gasteiger partial charge in [-0.2, -0.15) is 0 Å². The number of halogens is 4. The molecular formula is C38H56I4O30P2S6-4. The van der Waals surface area contributed by atoms with E-state index in [1.165, 1.54) is 7.11 Å². The molecule has 0 rings (SSSR count). The molecule has 0 fully saturated rings. The summed E-state index contributed by atoms with van der Waals surface area (Å²) in [5.74, 6) is -4.18. The van der Waals surface area contributed by atoms with Gasteiger partial charge in [0.25, 0.3) is 0 Å². The van der Waals surface area contributed by atoms with Crippen molar-refractivity contribution in [3.63, 3.8) is 0 Å². The van der Waals surface area contributed by atoms with E-state index in [1.54, 1.807) is 0 Å². The number of aliphatic hydroxyl groups is 2. The van der Waals surface area contributed by atoms with Crippen LogP contribution in [0.25, 0.3) is 0 Å². The van der Waals surface area contributed by atoms with Gasteiger partial charge in [0.2, 0.25) is 0 Å². The predicted molar refractivity (Wildman–Crippen MR) is 270 cm³/mol. The van der Waals surface area contributed by atoms with Gasteiger partial charge in [0, 0.05) is 0 Å². The van der Waals surface area contributed by atoms with Crippen LogP contribution in [0, 0.1) is 0 Å². The number of rotatable bonds is 49. The van der Waals surface area contributed by atoms with Crippen molar-refractivity contribution in [2.45, 2.75) is 61.7 Å². The molecule has 0 aromatic rings. The monoisotopic (exact) mass is 1750 g/mol. The second-order valence-electron chi connectivity index (χ2n) is 14.5. The van der Waals surface area contributed by atoms with Crippen molar-refractivity contribution >= 4 is 129 Å². The van der Waals surface area contributed by atoms with Gasteiger partial charge in [-0.05, 0) is 0 Å². The molecule has 42 heteroatoms. The molecule has 8 unspecified atom stereocenters. The van der Waals surface area contributed by atoms with Crippen molar-refractivity contribution in [1.82, 2.24) is 0 Å². The van der Waals surface area contributed by atoms with Gasteiger partial charge in [-0.1, -0.05) is 0 Å². The zero-order valence-corrected chi connectivity index (χ0v) is 57.3. The zero-order chi connectivity index (χ0) is 60.1. The number of hydrogen-bond acceptors (Lipinski definition) is 36. The topological polar surface area (TPSA) is 377 Å². The number of aliphatic hydroxyl groups excluding tert-OH is 2. The number of ether oxygens (including phenoxy) is 16. The third-order valence-corrected chi connectivity index (χ3v) is 15.8. The van der Waals surface area contributed by atoms with E-state index in [4.69, 9.17) is 75.9 Å². The molecule has 0 amide bonds. The van der Waals surface area contributed by atoms with Crippen LogP contribution in [0.1, 0.15) is 12.8 Å². The summed E-state index contributed by atoms with van der Waals surface area (Å²) in [6, 6.07) is 0. The SMILES string of the molecule is COCC(COCC(COCC(COCC(O)COC(=O)CC(=O)OOCC(COCC(COCC(COCC(O)COC(=O)CC(=O)OC)OC(=O)[I-]S)OC(=O)[I-]S)OC(=O)P=S)OC(=O)[I-]S)OC(=O)[I-]S)OC(=O)P=S. The molecule has 0 saturated heterocycles. The molecule has 0 aliphatic carbocycles. The fraction of sp³-hybridized carbons (Fsp3) is 0.737. The number of hydrogen-bond donors (Lipinski definition) is 6. The van der Waals surface area contributed by atoms with Gasteiger partial charge in [-0.25, -0.2) is 0 Å². The first-order chi connectivity index (χ1) is 38.2. The molecule has 466 valence electrons. The van der Waals surface area contributed by atoms with Crippen molar-refractivity contribution < 1.29 is 223 Å². The Morgan fingerprint density at radius 3 is 0.975 bits per heavy atom. The van der Waals surface area contributed by atoms with Gasteiger partial charge in [-0.3, -0.25) is 4.79 Å². The number of carbonyl (C=O) groups is 10. The van der Waals surface area contributed by atoms with Crippen LogP contribution in [0.3, 0.4) is 0 Å². The Labute approximate surface area is 527 Å². The first-order valence-electron chi connectivity index (χ1n) is 21.8. The third kappa shape index (κ3) is 45.0. The van der Waals surface area contributed by atoms with E-state index >= 15 is 0 Å². The quantitative estimate of drug-likeness (QED) is 0.00379. The van der Waals surface area contributed by atoms with Gasteiger partial charge >= 0.3 is 517 Å². The molecule has 0 heterocycles. The summed E-state index contributed by atoms with van der Waals surface area (Å²) in [4.78, 5) is 129. The van der Waals surface area contributed by atoms with Gasteiger partial charge < -0.3 is 4.74 Å². The van der Waals surface area contributed by atoms with Crippen molar-refractivity contribution in [1.29, 1.82) is 0 Å². The van der Waals surface area contributed by atoms with Crippen molar-refractivity contribution in [3.8, 4) is 0 Å². The Balaban J connectivity index is 5.14. The van der Waals surface area contributed by atoms with E-state index in [0.717, 1.165) is 7.11 Å². The summed E-state index contributed by atoms with van der Waals surface area (Å²) < 4.78 is 81.3. The predicted octanol–water partition coefficient (Wildman–Crippen LogP) is -10.4. The van der Waals surface area contributed by atoms with Crippen LogP contribution in [0.2, 0.25) is 0 Å². The average Bonchev–Trinajstić information content (AvgIpc) is 3.43. The number of thiol groups is 4. The molecule has 0 radical (unpaired) electrons. The van der Waals surface area contributed by atoms with Gasteiger partial charge in [0.1, 0.15) is 0 Å². The molecule has 2 N–H and O–H groups in total. The van der Waals surface area contributed by atoms with E-state index in [0.29, 0.717) is 0 Å². The normalized spacial score (nSPS) is 14.3. The van der Waals surface area contributed by atoms with E-state index in [1.807, 2.05) is 0 Å². The van der Waals surface area contributed by atoms with E-state index in [2.05, 4.69) is 72.4 Å². The number of carbonyl (C=O) groups excluding carboxylic acids is 10. The van der Waals surface area contributed by atoms with Gasteiger partial charge in [0.05, 0.1) is 7.11 Å². The summed E-state index contributed by atoms with van der Waals surface area (Å²) in [6.07, 6.45) is -10.6. The Hall–Kier alpha value is -0.340. The van der Waals surface area contributed by atoms with Crippen LogP contribution in [0.15, 0.2) is 0 Å². The molecule has 0 aromatic heterocycles. The Morgan fingerprint density at radius 2 is 0.688 bits per heavy atom. The minimum absolute atomic E-state index is 0.00407. The van der Waals surface area contributed by atoms with Crippen molar-refractivity contribution in [2.75, 3.05) is 120 Å². The van der Waals surface area contributed by atoms with Crippen LogP contribution in [0.4, 0.5) is 28.8 Å². The molecule has 30 nitrogen and oxygen atoms in total. The van der Waals surface area contributed by atoms with Crippen LogP contribution >= 0.6 is 53.9 Å². The first-order valence-corrected chi connectivity index (χ1v) is 42.9. The van der Waals surface area contributed by atoms with Crippen molar-refractivity contribution in [3.05, 3.63) is 0 Å². The summed E-state index contributed by atoms with van der Waals surface area (Å²) in [5.41, 5.74) is -1.59. The molecule has 0 aliphatic rings. The Kier molecular flexibility index (Phi) is 51.6. The molecule has 0 spiro atoms. The first kappa shape index (κ1) is 79.7. The molecule has 0 saturated carbocycles. The molecule has 80 heavy (non-hydrogen) atoms. The van der Waals surface area contributed by atoms with Crippen molar-refractivity contribution in [2.24, 2.45) is 0 Å². The molecule has 0 bridgehead atoms. The fourth-order valence-electron chi connectivity index (χ4n) is 4.90. The van der Waals surface area contributed by atoms with E-state index in [9.17, 15) is 58.2 Å². The molecule has 0 aliphatic heterocycles. The van der Waals surface area contributed by atoms with Gasteiger partial charge in [0.15, 0.2) is 0 Å². The minimum atomic E-state index is -1.44. The maximum atomic E-state index is 12.3. The second-order valence-corrected chi connectivity index (χ2v) is 26.6. The fourth-order valence-corrected chi connectivity index (χ4v) is 8.50. The van der Waals surface area contributed by atoms with Crippen LogP contribution in [0.5, 0.6) is 0 Å². The maximum absolute atomic E-state index is 12.3. The summed E-state index contributed by atoms with van der Waals surface area (Å²) in [7, 11) is 18.2. The number of esters is 3.